The van der Waals surface area contributed by atoms with E-state index in [0.29, 0.717) is 33.7 Å². The van der Waals surface area contributed by atoms with E-state index in [-0.39, 0.29) is 5.91 Å². The van der Waals surface area contributed by atoms with Gasteiger partial charge >= 0.3 is 0 Å². The number of carbonyl (C=O) groups is 1. The van der Waals surface area contributed by atoms with E-state index in [1.807, 2.05) is 35.9 Å². The molecular formula is C18H23ClN4OS. The fourth-order valence-electron chi connectivity index (χ4n) is 3.23. The van der Waals surface area contributed by atoms with Crippen LogP contribution in [0.4, 0.5) is 0 Å². The molecule has 2 aromatic rings. The Labute approximate surface area is 157 Å². The number of nitrogens with one attached hydrogen (secondary N) is 1. The lowest BCUT2D eigenvalue weighted by atomic mass is 9.86. The highest BCUT2D eigenvalue weighted by atomic mass is 35.5. The molecule has 134 valence electrons. The molecule has 0 aliphatic heterocycles. The third-order valence-electron chi connectivity index (χ3n) is 4.74. The van der Waals surface area contributed by atoms with Gasteiger partial charge in [-0.15, -0.1) is 10.2 Å². The maximum Gasteiger partial charge on any atom is 0.230 e. The Morgan fingerprint density at radius 2 is 2.08 bits per heavy atom. The second-order valence-electron chi connectivity index (χ2n) is 6.57. The van der Waals surface area contributed by atoms with Crippen LogP contribution in [0.3, 0.4) is 0 Å². The van der Waals surface area contributed by atoms with Crippen molar-refractivity contribution in [1.29, 1.82) is 0 Å². The van der Waals surface area contributed by atoms with Gasteiger partial charge in [-0.2, -0.15) is 0 Å². The average molecular weight is 379 g/mol. The fourth-order valence-corrected chi connectivity index (χ4v) is 4.17. The summed E-state index contributed by atoms with van der Waals surface area (Å²) in [4.78, 5) is 12.3. The molecule has 2 atom stereocenters. The van der Waals surface area contributed by atoms with Gasteiger partial charge in [0, 0.05) is 18.7 Å². The van der Waals surface area contributed by atoms with E-state index < -0.39 is 0 Å². The first-order valence-corrected chi connectivity index (χ1v) is 9.99. The molecule has 1 heterocycles. The van der Waals surface area contributed by atoms with Crippen LogP contribution < -0.4 is 5.32 Å². The Balaban J connectivity index is 1.60. The number of amides is 1. The first-order valence-electron chi connectivity index (χ1n) is 8.62. The van der Waals surface area contributed by atoms with Crippen LogP contribution in [0.25, 0.3) is 11.4 Å². The number of rotatable bonds is 5. The summed E-state index contributed by atoms with van der Waals surface area (Å²) in [6, 6.07) is 7.85. The van der Waals surface area contributed by atoms with Crippen molar-refractivity contribution in [2.45, 2.75) is 43.8 Å². The van der Waals surface area contributed by atoms with Gasteiger partial charge in [-0.05, 0) is 30.9 Å². The van der Waals surface area contributed by atoms with Crippen LogP contribution in [0.2, 0.25) is 5.02 Å². The molecule has 0 spiro atoms. The summed E-state index contributed by atoms with van der Waals surface area (Å²) in [6.07, 6.45) is 4.75. The van der Waals surface area contributed by atoms with E-state index in [1.54, 1.807) is 0 Å². The molecule has 0 bridgehead atoms. The van der Waals surface area contributed by atoms with E-state index in [2.05, 4.69) is 22.4 Å². The maximum absolute atomic E-state index is 12.3. The zero-order chi connectivity index (χ0) is 17.8. The van der Waals surface area contributed by atoms with Crippen molar-refractivity contribution in [1.82, 2.24) is 20.1 Å². The van der Waals surface area contributed by atoms with Gasteiger partial charge in [0.2, 0.25) is 5.91 Å². The summed E-state index contributed by atoms with van der Waals surface area (Å²) in [6.45, 7) is 2.22. The van der Waals surface area contributed by atoms with Gasteiger partial charge in [0.15, 0.2) is 11.0 Å². The van der Waals surface area contributed by atoms with Crippen molar-refractivity contribution in [3.8, 4) is 11.4 Å². The summed E-state index contributed by atoms with van der Waals surface area (Å²) in [5.41, 5.74) is 0.839. The summed E-state index contributed by atoms with van der Waals surface area (Å²) in [5.74, 6) is 1.67. The molecule has 1 aliphatic rings. The van der Waals surface area contributed by atoms with Crippen molar-refractivity contribution in [2.75, 3.05) is 5.75 Å². The molecule has 1 saturated carbocycles. The van der Waals surface area contributed by atoms with Gasteiger partial charge in [-0.25, -0.2) is 0 Å². The molecule has 0 radical (unpaired) electrons. The lowest BCUT2D eigenvalue weighted by Crippen LogP contribution is -2.41. The van der Waals surface area contributed by atoms with E-state index in [4.69, 9.17) is 11.6 Å². The van der Waals surface area contributed by atoms with Crippen molar-refractivity contribution in [3.05, 3.63) is 29.3 Å². The van der Waals surface area contributed by atoms with Crippen LogP contribution in [0.5, 0.6) is 0 Å². The van der Waals surface area contributed by atoms with Crippen LogP contribution in [-0.2, 0) is 11.8 Å². The van der Waals surface area contributed by atoms with Gasteiger partial charge in [0.25, 0.3) is 0 Å². The number of thioether (sulfide) groups is 1. The Morgan fingerprint density at radius 1 is 1.32 bits per heavy atom. The van der Waals surface area contributed by atoms with Crippen molar-refractivity contribution >= 4 is 29.3 Å². The molecule has 1 fully saturated rings. The van der Waals surface area contributed by atoms with Crippen LogP contribution in [-0.4, -0.2) is 32.5 Å². The smallest absolute Gasteiger partial charge is 0.230 e. The monoisotopic (exact) mass is 378 g/mol. The van der Waals surface area contributed by atoms with Gasteiger partial charge < -0.3 is 9.88 Å². The zero-order valence-electron chi connectivity index (χ0n) is 14.5. The number of benzene rings is 1. The SMILES string of the molecule is C[C@@H]1CCCC[C@H]1NC(=O)CSc1nnc(-c2ccccc2Cl)n1C. The minimum atomic E-state index is 0.0612. The number of carbonyl (C=O) groups excluding carboxylic acids is 1. The Bertz CT molecular complexity index is 748. The molecule has 3 rings (SSSR count). The second kappa shape index (κ2) is 8.23. The lowest BCUT2D eigenvalue weighted by Gasteiger charge is -2.29. The standard InChI is InChI=1S/C18H23ClN4OS/c1-12-7-3-6-10-15(12)20-16(24)11-25-18-22-21-17(23(18)2)13-8-4-5-9-14(13)19/h4-5,8-9,12,15H,3,6-7,10-11H2,1-2H3,(H,20,24)/t12-,15-/m1/s1. The normalized spacial score (nSPS) is 20.4. The first-order chi connectivity index (χ1) is 12.1. The highest BCUT2D eigenvalue weighted by molar-refractivity contribution is 7.99. The predicted molar refractivity (Wildman–Crippen MR) is 102 cm³/mol. The van der Waals surface area contributed by atoms with E-state index in [9.17, 15) is 4.79 Å². The zero-order valence-corrected chi connectivity index (χ0v) is 16.1. The summed E-state index contributed by atoms with van der Waals surface area (Å²) in [7, 11) is 1.89. The minimum Gasteiger partial charge on any atom is -0.352 e. The maximum atomic E-state index is 12.3. The van der Waals surface area contributed by atoms with Gasteiger partial charge in [-0.1, -0.05) is 55.3 Å². The predicted octanol–water partition coefficient (Wildman–Crippen LogP) is 3.92. The molecule has 1 aromatic heterocycles. The topological polar surface area (TPSA) is 59.8 Å². The third-order valence-corrected chi connectivity index (χ3v) is 6.09. The number of hydrogen-bond donors (Lipinski definition) is 1. The highest BCUT2D eigenvalue weighted by Gasteiger charge is 2.23. The second-order valence-corrected chi connectivity index (χ2v) is 7.92. The van der Waals surface area contributed by atoms with E-state index in [0.717, 1.165) is 12.0 Å². The largest absolute Gasteiger partial charge is 0.352 e. The van der Waals surface area contributed by atoms with Crippen LogP contribution >= 0.6 is 23.4 Å². The van der Waals surface area contributed by atoms with Gasteiger partial charge in [0.05, 0.1) is 10.8 Å². The average Bonchev–Trinajstić information content (AvgIpc) is 2.96. The molecule has 0 saturated heterocycles. The van der Waals surface area contributed by atoms with Crippen molar-refractivity contribution in [3.63, 3.8) is 0 Å². The van der Waals surface area contributed by atoms with Crippen LogP contribution in [0.1, 0.15) is 32.6 Å². The summed E-state index contributed by atoms with van der Waals surface area (Å²) in [5, 5.41) is 12.9. The molecule has 1 N–H and O–H groups in total. The summed E-state index contributed by atoms with van der Waals surface area (Å²) >= 11 is 7.64. The lowest BCUT2D eigenvalue weighted by molar-refractivity contribution is -0.119. The molecular weight excluding hydrogens is 356 g/mol. The van der Waals surface area contributed by atoms with Crippen LogP contribution in [0, 0.1) is 5.92 Å². The molecule has 25 heavy (non-hydrogen) atoms. The van der Waals surface area contributed by atoms with E-state index >= 15 is 0 Å². The Morgan fingerprint density at radius 3 is 2.84 bits per heavy atom. The van der Waals surface area contributed by atoms with Gasteiger partial charge in [0.1, 0.15) is 0 Å². The summed E-state index contributed by atoms with van der Waals surface area (Å²) < 4.78 is 1.88. The molecule has 7 heteroatoms. The molecule has 5 nitrogen and oxygen atoms in total. The molecule has 0 unspecified atom stereocenters. The first kappa shape index (κ1) is 18.3. The number of hydrogen-bond acceptors (Lipinski definition) is 4. The van der Waals surface area contributed by atoms with E-state index in [1.165, 1.54) is 31.0 Å². The number of nitrogens with zero attached hydrogens (tertiary/aromatic N) is 3. The van der Waals surface area contributed by atoms with Crippen molar-refractivity contribution in [2.24, 2.45) is 13.0 Å². The van der Waals surface area contributed by atoms with Crippen molar-refractivity contribution < 1.29 is 4.79 Å². The Hall–Kier alpha value is -1.53. The fraction of sp³-hybridized carbons (Fsp3) is 0.500. The Kier molecular flexibility index (Phi) is 6.02. The molecule has 1 aromatic carbocycles. The highest BCUT2D eigenvalue weighted by Crippen LogP contribution is 2.28. The van der Waals surface area contributed by atoms with Crippen LogP contribution in [0.15, 0.2) is 29.4 Å². The quantitative estimate of drug-likeness (QED) is 0.801. The number of aromatic nitrogens is 3. The molecule has 1 amide bonds. The third kappa shape index (κ3) is 4.36. The number of halogens is 1. The van der Waals surface area contributed by atoms with Gasteiger partial charge in [-0.3, -0.25) is 4.79 Å². The minimum absolute atomic E-state index is 0.0612. The molecule has 1 aliphatic carbocycles.